The molecular weight excluding hydrogens is 252 g/mol. The van der Waals surface area contributed by atoms with E-state index in [1.165, 1.54) is 32.5 Å². The summed E-state index contributed by atoms with van der Waals surface area (Å²) in [5, 5.41) is 0. The fraction of sp³-hybridized carbons (Fsp3) is 0.933. The van der Waals surface area contributed by atoms with Crippen LogP contribution in [-0.4, -0.2) is 60.0 Å². The highest BCUT2D eigenvalue weighted by Crippen LogP contribution is 2.36. The minimum atomic E-state index is -0.741. The predicted molar refractivity (Wildman–Crippen MR) is 79.1 cm³/mol. The Bertz CT molecular complexity index is 375. The zero-order valence-corrected chi connectivity index (χ0v) is 12.4. The van der Waals surface area contributed by atoms with Crippen LogP contribution >= 0.6 is 0 Å². The molecule has 0 aromatic heterocycles. The van der Waals surface area contributed by atoms with E-state index in [0.717, 1.165) is 44.8 Å². The number of primary amides is 1. The van der Waals surface area contributed by atoms with Crippen molar-refractivity contribution in [3.63, 3.8) is 0 Å². The Kier molecular flexibility index (Phi) is 4.02. The Hall–Kier alpha value is -0.650. The Balaban J connectivity index is 1.51. The van der Waals surface area contributed by atoms with Gasteiger partial charge in [0.2, 0.25) is 5.91 Å². The van der Waals surface area contributed by atoms with E-state index in [4.69, 9.17) is 11.5 Å². The van der Waals surface area contributed by atoms with Gasteiger partial charge in [-0.3, -0.25) is 9.69 Å². The molecule has 0 bridgehead atoms. The van der Waals surface area contributed by atoms with Crippen molar-refractivity contribution in [3.05, 3.63) is 0 Å². The van der Waals surface area contributed by atoms with Gasteiger partial charge in [0.1, 0.15) is 0 Å². The van der Waals surface area contributed by atoms with Crippen molar-refractivity contribution in [3.8, 4) is 0 Å². The first-order chi connectivity index (χ1) is 9.59. The van der Waals surface area contributed by atoms with Gasteiger partial charge in [0.05, 0.1) is 5.54 Å². The molecule has 1 aliphatic carbocycles. The minimum Gasteiger partial charge on any atom is -0.368 e. The highest BCUT2D eigenvalue weighted by Gasteiger charge is 2.44. The van der Waals surface area contributed by atoms with Gasteiger partial charge in [-0.25, -0.2) is 0 Å². The van der Waals surface area contributed by atoms with Crippen molar-refractivity contribution in [2.24, 2.45) is 17.4 Å². The summed E-state index contributed by atoms with van der Waals surface area (Å²) in [5.74, 6) is -0.0257. The number of fused-ring (bicyclic) bond motifs is 1. The number of hydrogen-bond acceptors (Lipinski definition) is 4. The summed E-state index contributed by atoms with van der Waals surface area (Å²) in [5.41, 5.74) is 11.0. The van der Waals surface area contributed by atoms with Gasteiger partial charge in [0.25, 0.3) is 0 Å². The number of rotatable bonds is 4. The fourth-order valence-corrected chi connectivity index (χ4v) is 4.43. The molecule has 3 unspecified atom stereocenters. The lowest BCUT2D eigenvalue weighted by Crippen LogP contribution is -2.55. The summed E-state index contributed by atoms with van der Waals surface area (Å²) in [7, 11) is 0. The van der Waals surface area contributed by atoms with Crippen LogP contribution in [0.2, 0.25) is 0 Å². The minimum absolute atomic E-state index is 0.279. The van der Waals surface area contributed by atoms with E-state index in [1.807, 2.05) is 0 Å². The van der Waals surface area contributed by atoms with E-state index in [9.17, 15) is 4.79 Å². The second-order valence-corrected chi connectivity index (χ2v) is 6.92. The number of nitrogens with two attached hydrogens (primary N) is 2. The number of piperazine rings is 1. The average Bonchev–Trinajstić information content (AvgIpc) is 3.03. The van der Waals surface area contributed by atoms with E-state index >= 15 is 0 Å². The van der Waals surface area contributed by atoms with E-state index in [2.05, 4.69) is 9.80 Å². The maximum atomic E-state index is 11.6. The molecule has 0 spiro atoms. The first kappa shape index (κ1) is 14.3. The summed E-state index contributed by atoms with van der Waals surface area (Å²) in [6, 6.07) is 0.770. The van der Waals surface area contributed by atoms with Gasteiger partial charge in [-0.2, -0.15) is 0 Å². The molecule has 1 amide bonds. The maximum absolute atomic E-state index is 11.6. The first-order valence-electron chi connectivity index (χ1n) is 8.15. The molecule has 0 aromatic carbocycles. The third-order valence-corrected chi connectivity index (χ3v) is 5.80. The number of amides is 1. The highest BCUT2D eigenvalue weighted by molar-refractivity contribution is 5.85. The molecule has 2 heterocycles. The number of hydrogen-bond donors (Lipinski definition) is 2. The van der Waals surface area contributed by atoms with Crippen molar-refractivity contribution in [1.29, 1.82) is 0 Å². The van der Waals surface area contributed by atoms with Crippen molar-refractivity contribution >= 4 is 5.91 Å². The lowest BCUT2D eigenvalue weighted by Gasteiger charge is -2.38. The van der Waals surface area contributed by atoms with Gasteiger partial charge >= 0.3 is 0 Å². The normalized spacial score (nSPS) is 39.0. The van der Waals surface area contributed by atoms with Gasteiger partial charge in [0.15, 0.2) is 0 Å². The van der Waals surface area contributed by atoms with Gasteiger partial charge in [0, 0.05) is 25.7 Å². The Morgan fingerprint density at radius 1 is 1.20 bits per heavy atom. The molecule has 0 aromatic rings. The zero-order valence-electron chi connectivity index (χ0n) is 12.4. The number of carbonyl (C=O) groups excluding carboxylic acids is 1. The standard InChI is InChI=1S/C15H28N4O/c16-14(20)15(17)6-1-3-12(15)5-8-18-9-10-19-7-2-4-13(19)11-18/h12-13H,1-11,17H2,(H2,16,20). The van der Waals surface area contributed by atoms with Crippen LogP contribution in [0, 0.1) is 5.92 Å². The van der Waals surface area contributed by atoms with E-state index in [0.29, 0.717) is 0 Å². The molecule has 5 nitrogen and oxygen atoms in total. The quantitative estimate of drug-likeness (QED) is 0.768. The molecular formula is C15H28N4O. The van der Waals surface area contributed by atoms with E-state index < -0.39 is 5.54 Å². The monoisotopic (exact) mass is 280 g/mol. The highest BCUT2D eigenvalue weighted by atomic mass is 16.1. The first-order valence-corrected chi connectivity index (χ1v) is 8.15. The van der Waals surface area contributed by atoms with Crippen LogP contribution in [0.5, 0.6) is 0 Å². The van der Waals surface area contributed by atoms with Crippen molar-refractivity contribution < 1.29 is 4.79 Å². The lowest BCUT2D eigenvalue weighted by molar-refractivity contribution is -0.124. The summed E-state index contributed by atoms with van der Waals surface area (Å²) >= 11 is 0. The van der Waals surface area contributed by atoms with Gasteiger partial charge < -0.3 is 16.4 Å². The molecule has 3 atom stereocenters. The summed E-state index contributed by atoms with van der Waals surface area (Å²) in [6.07, 6.45) is 6.59. The summed E-state index contributed by atoms with van der Waals surface area (Å²) in [4.78, 5) is 16.8. The lowest BCUT2D eigenvalue weighted by atomic mass is 9.85. The average molecular weight is 280 g/mol. The number of carbonyl (C=O) groups is 1. The van der Waals surface area contributed by atoms with Crippen molar-refractivity contribution in [1.82, 2.24) is 9.80 Å². The van der Waals surface area contributed by atoms with Crippen LogP contribution in [0.15, 0.2) is 0 Å². The fourth-order valence-electron chi connectivity index (χ4n) is 4.43. The van der Waals surface area contributed by atoms with Crippen molar-refractivity contribution in [2.45, 2.75) is 50.1 Å². The molecule has 2 saturated heterocycles. The smallest absolute Gasteiger partial charge is 0.237 e. The topological polar surface area (TPSA) is 75.6 Å². The summed E-state index contributed by atoms with van der Waals surface area (Å²) in [6.45, 7) is 5.92. The Morgan fingerprint density at radius 2 is 2.05 bits per heavy atom. The third-order valence-electron chi connectivity index (χ3n) is 5.80. The molecule has 1 saturated carbocycles. The van der Waals surface area contributed by atoms with E-state index in [-0.39, 0.29) is 11.8 Å². The molecule has 3 fully saturated rings. The molecule has 3 rings (SSSR count). The Labute approximate surface area is 121 Å². The molecule has 2 aliphatic heterocycles. The zero-order chi connectivity index (χ0) is 14.2. The SMILES string of the molecule is NC(=O)C1(N)CCCC1CCN1CCN2CCCC2C1. The van der Waals surface area contributed by atoms with Gasteiger partial charge in [-0.15, -0.1) is 0 Å². The molecule has 20 heavy (non-hydrogen) atoms. The molecule has 5 heteroatoms. The predicted octanol–water partition coefficient (Wildman–Crippen LogP) is 0.139. The van der Waals surface area contributed by atoms with Crippen LogP contribution in [0.4, 0.5) is 0 Å². The molecule has 3 aliphatic rings. The van der Waals surface area contributed by atoms with Crippen LogP contribution in [0.3, 0.4) is 0 Å². The second-order valence-electron chi connectivity index (χ2n) is 6.92. The third kappa shape index (κ3) is 2.59. The van der Waals surface area contributed by atoms with Gasteiger partial charge in [-0.05, 0) is 51.1 Å². The van der Waals surface area contributed by atoms with Crippen LogP contribution in [-0.2, 0) is 4.79 Å². The van der Waals surface area contributed by atoms with Gasteiger partial charge in [-0.1, -0.05) is 6.42 Å². The Morgan fingerprint density at radius 3 is 2.85 bits per heavy atom. The van der Waals surface area contributed by atoms with Crippen LogP contribution < -0.4 is 11.5 Å². The molecule has 0 radical (unpaired) electrons. The molecule has 4 N–H and O–H groups in total. The molecule has 114 valence electrons. The second kappa shape index (κ2) is 5.62. The van der Waals surface area contributed by atoms with E-state index in [1.54, 1.807) is 0 Å². The van der Waals surface area contributed by atoms with Crippen molar-refractivity contribution in [2.75, 3.05) is 32.7 Å². The summed E-state index contributed by atoms with van der Waals surface area (Å²) < 4.78 is 0. The maximum Gasteiger partial charge on any atom is 0.237 e. The number of nitrogens with zero attached hydrogens (tertiary/aromatic N) is 2. The van der Waals surface area contributed by atoms with Crippen LogP contribution in [0.25, 0.3) is 0 Å². The largest absolute Gasteiger partial charge is 0.368 e. The van der Waals surface area contributed by atoms with Crippen LogP contribution in [0.1, 0.15) is 38.5 Å².